The Labute approximate surface area is 193 Å². The topological polar surface area (TPSA) is 81.7 Å². The number of ether oxygens (including phenoxy) is 2. The lowest BCUT2D eigenvalue weighted by molar-refractivity contribution is 0.0599. The van der Waals surface area contributed by atoms with Crippen molar-refractivity contribution in [2.75, 3.05) is 13.7 Å². The Kier molecular flexibility index (Phi) is 7.84. The molecule has 8 heteroatoms. The third-order valence-corrected chi connectivity index (χ3v) is 6.63. The second kappa shape index (κ2) is 10.6. The molecule has 0 aliphatic carbocycles. The molecule has 0 radical (unpaired) electrons. The lowest BCUT2D eigenvalue weighted by Crippen LogP contribution is -2.26. The van der Waals surface area contributed by atoms with E-state index in [-0.39, 0.29) is 22.8 Å². The fraction of sp³-hybridized carbons (Fsp3) is 0.240. The summed E-state index contributed by atoms with van der Waals surface area (Å²) in [6.07, 6.45) is 1.05. The first kappa shape index (κ1) is 24.4. The molecule has 0 fully saturated rings. The number of hydrogen-bond acceptors (Lipinski definition) is 5. The van der Waals surface area contributed by atoms with Gasteiger partial charge >= 0.3 is 5.97 Å². The number of carbonyl (C=O) groups excluding carboxylic acids is 1. The molecule has 0 unspecified atom stereocenters. The summed E-state index contributed by atoms with van der Waals surface area (Å²) in [5.74, 6) is 0.275. The Hall–Kier alpha value is -3.23. The summed E-state index contributed by atoms with van der Waals surface area (Å²) >= 11 is 0. The highest BCUT2D eigenvalue weighted by Gasteiger charge is 2.19. The zero-order valence-electron chi connectivity index (χ0n) is 18.7. The van der Waals surface area contributed by atoms with Gasteiger partial charge in [-0.05, 0) is 78.9 Å². The number of methoxy groups -OCH3 is 1. The predicted molar refractivity (Wildman–Crippen MR) is 124 cm³/mol. The Bertz CT molecular complexity index is 1240. The van der Waals surface area contributed by atoms with Gasteiger partial charge in [0.25, 0.3) is 0 Å². The molecule has 0 aliphatic heterocycles. The predicted octanol–water partition coefficient (Wildman–Crippen LogP) is 4.80. The molecule has 0 heterocycles. The van der Waals surface area contributed by atoms with E-state index < -0.39 is 16.0 Å². The van der Waals surface area contributed by atoms with Gasteiger partial charge in [0.05, 0.1) is 17.6 Å². The first-order valence-electron chi connectivity index (χ1n) is 10.5. The molecular formula is C25H26FNO5S. The number of esters is 1. The average Bonchev–Trinajstić information content (AvgIpc) is 2.81. The molecule has 0 spiro atoms. The fourth-order valence-corrected chi connectivity index (χ4v) is 4.34. The van der Waals surface area contributed by atoms with E-state index in [2.05, 4.69) is 4.72 Å². The van der Waals surface area contributed by atoms with Crippen molar-refractivity contribution in [2.24, 2.45) is 0 Å². The molecule has 0 saturated carbocycles. The van der Waals surface area contributed by atoms with Crippen molar-refractivity contribution in [3.05, 3.63) is 88.7 Å². The van der Waals surface area contributed by atoms with E-state index in [1.54, 1.807) is 37.3 Å². The lowest BCUT2D eigenvalue weighted by Gasteiger charge is -2.11. The Morgan fingerprint density at radius 1 is 1.00 bits per heavy atom. The molecule has 1 N–H and O–H groups in total. The van der Waals surface area contributed by atoms with E-state index in [9.17, 15) is 17.6 Å². The standard InChI is InChI=1S/C25H26FNO5S/c1-4-19-7-11-22(16-23(19)25(28)31-3)33(29,30)27-14-13-18-5-8-20(9-6-18)32-21-10-12-24(26)17(2)15-21/h5-12,15-16,27H,4,13-14H2,1-3H3. The van der Waals surface area contributed by atoms with Crippen LogP contribution >= 0.6 is 0 Å². The highest BCUT2D eigenvalue weighted by Crippen LogP contribution is 2.24. The van der Waals surface area contributed by atoms with Crippen LogP contribution in [0.25, 0.3) is 0 Å². The van der Waals surface area contributed by atoms with Crippen molar-refractivity contribution in [3.8, 4) is 11.5 Å². The van der Waals surface area contributed by atoms with E-state index >= 15 is 0 Å². The van der Waals surface area contributed by atoms with Crippen LogP contribution in [0, 0.1) is 12.7 Å². The second-order valence-electron chi connectivity index (χ2n) is 7.47. The van der Waals surface area contributed by atoms with Crippen molar-refractivity contribution in [2.45, 2.75) is 31.6 Å². The summed E-state index contributed by atoms with van der Waals surface area (Å²) in [6.45, 7) is 3.73. The fourth-order valence-electron chi connectivity index (χ4n) is 3.28. The van der Waals surface area contributed by atoms with Crippen LogP contribution in [0.5, 0.6) is 11.5 Å². The van der Waals surface area contributed by atoms with Gasteiger partial charge < -0.3 is 9.47 Å². The van der Waals surface area contributed by atoms with Crippen LogP contribution in [-0.4, -0.2) is 28.0 Å². The van der Waals surface area contributed by atoms with Gasteiger partial charge in [0.2, 0.25) is 10.0 Å². The van der Waals surface area contributed by atoms with E-state index in [1.165, 1.54) is 25.3 Å². The number of aryl methyl sites for hydroxylation is 2. The van der Waals surface area contributed by atoms with Gasteiger partial charge in [-0.15, -0.1) is 0 Å². The minimum absolute atomic E-state index is 0.0124. The van der Waals surface area contributed by atoms with Gasteiger partial charge in [0, 0.05) is 6.54 Å². The molecular weight excluding hydrogens is 445 g/mol. The normalized spacial score (nSPS) is 11.3. The molecule has 3 rings (SSSR count). The third kappa shape index (κ3) is 6.18. The SMILES string of the molecule is CCc1ccc(S(=O)(=O)NCCc2ccc(Oc3ccc(F)c(C)c3)cc2)cc1C(=O)OC. The maximum atomic E-state index is 13.4. The molecule has 0 amide bonds. The zero-order chi connectivity index (χ0) is 24.0. The number of sulfonamides is 1. The minimum Gasteiger partial charge on any atom is -0.465 e. The van der Waals surface area contributed by atoms with Gasteiger partial charge in [-0.2, -0.15) is 0 Å². The van der Waals surface area contributed by atoms with Crippen molar-refractivity contribution in [1.82, 2.24) is 4.72 Å². The minimum atomic E-state index is -3.79. The summed E-state index contributed by atoms with van der Waals surface area (Å²) in [4.78, 5) is 12.0. The molecule has 3 aromatic rings. The van der Waals surface area contributed by atoms with Gasteiger partial charge in [-0.3, -0.25) is 0 Å². The molecule has 174 valence electrons. The van der Waals surface area contributed by atoms with Gasteiger partial charge in [-0.25, -0.2) is 22.3 Å². The first-order valence-corrected chi connectivity index (χ1v) is 12.0. The van der Waals surface area contributed by atoms with Crippen LogP contribution in [0.2, 0.25) is 0 Å². The Morgan fingerprint density at radius 3 is 2.33 bits per heavy atom. The second-order valence-corrected chi connectivity index (χ2v) is 9.24. The van der Waals surface area contributed by atoms with Crippen molar-refractivity contribution < 1.29 is 27.1 Å². The highest BCUT2D eigenvalue weighted by atomic mass is 32.2. The van der Waals surface area contributed by atoms with Crippen molar-refractivity contribution in [1.29, 1.82) is 0 Å². The number of rotatable bonds is 9. The van der Waals surface area contributed by atoms with Crippen LogP contribution in [0.3, 0.4) is 0 Å². The van der Waals surface area contributed by atoms with E-state index in [0.717, 1.165) is 11.1 Å². The average molecular weight is 472 g/mol. The zero-order valence-corrected chi connectivity index (χ0v) is 19.5. The molecule has 0 atom stereocenters. The van der Waals surface area contributed by atoms with Gasteiger partial charge in [0.1, 0.15) is 17.3 Å². The van der Waals surface area contributed by atoms with E-state index in [1.807, 2.05) is 19.1 Å². The van der Waals surface area contributed by atoms with Gasteiger partial charge in [0.15, 0.2) is 0 Å². The number of halogens is 1. The Morgan fingerprint density at radius 2 is 1.70 bits per heavy atom. The van der Waals surface area contributed by atoms with Crippen LogP contribution in [-0.2, 0) is 27.6 Å². The quantitative estimate of drug-likeness (QED) is 0.454. The molecule has 0 aromatic heterocycles. The first-order chi connectivity index (χ1) is 15.7. The smallest absolute Gasteiger partial charge is 0.338 e. The molecule has 3 aromatic carbocycles. The summed E-state index contributed by atoms with van der Waals surface area (Å²) in [5, 5.41) is 0. The maximum Gasteiger partial charge on any atom is 0.338 e. The summed E-state index contributed by atoms with van der Waals surface area (Å²) in [5.41, 5.74) is 2.38. The van der Waals surface area contributed by atoms with Crippen LogP contribution in [0.1, 0.15) is 34.0 Å². The summed E-state index contributed by atoms with van der Waals surface area (Å²) in [6, 6.07) is 16.2. The Balaban J connectivity index is 1.61. The third-order valence-electron chi connectivity index (χ3n) is 5.17. The van der Waals surface area contributed by atoms with Crippen molar-refractivity contribution in [3.63, 3.8) is 0 Å². The number of benzene rings is 3. The summed E-state index contributed by atoms with van der Waals surface area (Å²) in [7, 11) is -2.53. The van der Waals surface area contributed by atoms with Crippen LogP contribution < -0.4 is 9.46 Å². The number of carbonyl (C=O) groups is 1. The highest BCUT2D eigenvalue weighted by molar-refractivity contribution is 7.89. The monoisotopic (exact) mass is 471 g/mol. The molecule has 0 aliphatic rings. The lowest BCUT2D eigenvalue weighted by atomic mass is 10.1. The number of hydrogen-bond donors (Lipinski definition) is 1. The molecule has 0 bridgehead atoms. The summed E-state index contributed by atoms with van der Waals surface area (Å²) < 4.78 is 51.8. The number of nitrogens with one attached hydrogen (secondary N) is 1. The molecule has 33 heavy (non-hydrogen) atoms. The maximum absolute atomic E-state index is 13.4. The van der Waals surface area contributed by atoms with Crippen molar-refractivity contribution >= 4 is 16.0 Å². The molecule has 0 saturated heterocycles. The largest absolute Gasteiger partial charge is 0.465 e. The van der Waals surface area contributed by atoms with Crippen LogP contribution in [0.15, 0.2) is 65.6 Å². The van der Waals surface area contributed by atoms with E-state index in [4.69, 9.17) is 9.47 Å². The van der Waals surface area contributed by atoms with E-state index in [0.29, 0.717) is 29.9 Å². The molecule has 6 nitrogen and oxygen atoms in total. The van der Waals surface area contributed by atoms with Gasteiger partial charge in [-0.1, -0.05) is 25.1 Å². The van der Waals surface area contributed by atoms with Crippen LogP contribution in [0.4, 0.5) is 4.39 Å².